The standard InChI is InChI=1S/C17H23N3OS/c1-3-4-5-14(10-18)20-17(21)15-6-7-16(19-12(15)2)13-8-9-22-11-13/h6-9,11,14H,3-5,10,18H2,1-2H3,(H,20,21). The van der Waals surface area contributed by atoms with Crippen LogP contribution in [0.1, 0.15) is 42.2 Å². The minimum atomic E-state index is -0.0894. The first-order valence-electron chi connectivity index (χ1n) is 7.66. The number of carbonyl (C=O) groups is 1. The van der Waals surface area contributed by atoms with E-state index in [0.29, 0.717) is 12.1 Å². The monoisotopic (exact) mass is 317 g/mol. The summed E-state index contributed by atoms with van der Waals surface area (Å²) in [6, 6.07) is 5.80. The minimum absolute atomic E-state index is 0.0309. The highest BCUT2D eigenvalue weighted by atomic mass is 32.1. The zero-order valence-corrected chi connectivity index (χ0v) is 14.0. The Kier molecular flexibility index (Phi) is 6.10. The largest absolute Gasteiger partial charge is 0.348 e. The fourth-order valence-corrected chi connectivity index (χ4v) is 2.98. The van der Waals surface area contributed by atoms with Crippen molar-refractivity contribution in [2.45, 2.75) is 39.2 Å². The van der Waals surface area contributed by atoms with Crippen LogP contribution < -0.4 is 11.1 Å². The van der Waals surface area contributed by atoms with Gasteiger partial charge < -0.3 is 11.1 Å². The number of amides is 1. The molecule has 0 aliphatic heterocycles. The number of pyridine rings is 1. The third-order valence-electron chi connectivity index (χ3n) is 3.67. The van der Waals surface area contributed by atoms with Crippen LogP contribution in [0.4, 0.5) is 0 Å². The maximum Gasteiger partial charge on any atom is 0.253 e. The van der Waals surface area contributed by atoms with Gasteiger partial charge in [0.15, 0.2) is 0 Å². The summed E-state index contributed by atoms with van der Waals surface area (Å²) in [5.74, 6) is -0.0894. The number of nitrogens with two attached hydrogens (primary N) is 1. The molecule has 4 nitrogen and oxygen atoms in total. The van der Waals surface area contributed by atoms with Gasteiger partial charge in [0, 0.05) is 23.5 Å². The molecule has 0 bridgehead atoms. The molecule has 2 heterocycles. The minimum Gasteiger partial charge on any atom is -0.348 e. The van der Waals surface area contributed by atoms with Gasteiger partial charge in [-0.2, -0.15) is 11.3 Å². The normalized spacial score (nSPS) is 12.1. The molecule has 0 radical (unpaired) electrons. The summed E-state index contributed by atoms with van der Waals surface area (Å²) >= 11 is 1.64. The third-order valence-corrected chi connectivity index (χ3v) is 4.36. The molecule has 0 fully saturated rings. The lowest BCUT2D eigenvalue weighted by molar-refractivity contribution is 0.0934. The Labute approximate surface area is 135 Å². The van der Waals surface area contributed by atoms with Gasteiger partial charge in [0.2, 0.25) is 0 Å². The van der Waals surface area contributed by atoms with Crippen LogP contribution in [0.5, 0.6) is 0 Å². The number of aryl methyl sites for hydroxylation is 1. The first-order chi connectivity index (χ1) is 10.7. The van der Waals surface area contributed by atoms with Crippen LogP contribution in [-0.2, 0) is 0 Å². The van der Waals surface area contributed by atoms with E-state index in [4.69, 9.17) is 5.73 Å². The van der Waals surface area contributed by atoms with Crippen LogP contribution in [0.25, 0.3) is 11.3 Å². The predicted octanol–water partition coefficient (Wildman–Crippen LogP) is 3.37. The molecule has 118 valence electrons. The summed E-state index contributed by atoms with van der Waals surface area (Å²) in [5.41, 5.74) is 9.09. The van der Waals surface area contributed by atoms with Crippen molar-refractivity contribution >= 4 is 17.2 Å². The number of aromatic nitrogens is 1. The van der Waals surface area contributed by atoms with Crippen LogP contribution in [0.15, 0.2) is 29.0 Å². The van der Waals surface area contributed by atoms with E-state index in [2.05, 4.69) is 22.6 Å². The fraction of sp³-hybridized carbons (Fsp3) is 0.412. The van der Waals surface area contributed by atoms with Crippen molar-refractivity contribution in [3.8, 4) is 11.3 Å². The summed E-state index contributed by atoms with van der Waals surface area (Å²) in [5, 5.41) is 7.08. The summed E-state index contributed by atoms with van der Waals surface area (Å²) < 4.78 is 0. The summed E-state index contributed by atoms with van der Waals surface area (Å²) in [7, 11) is 0. The van der Waals surface area contributed by atoms with E-state index in [1.807, 2.05) is 30.5 Å². The fourth-order valence-electron chi connectivity index (χ4n) is 2.33. The average Bonchev–Trinajstić information content (AvgIpc) is 3.05. The van der Waals surface area contributed by atoms with Crippen molar-refractivity contribution in [1.29, 1.82) is 0 Å². The molecule has 22 heavy (non-hydrogen) atoms. The SMILES string of the molecule is CCCCC(CN)NC(=O)c1ccc(-c2ccsc2)nc1C. The number of hydrogen-bond donors (Lipinski definition) is 2. The number of rotatable bonds is 7. The number of carbonyl (C=O) groups excluding carboxylic acids is 1. The van der Waals surface area contributed by atoms with Crippen molar-refractivity contribution < 1.29 is 4.79 Å². The third kappa shape index (κ3) is 4.15. The number of nitrogens with zero attached hydrogens (tertiary/aromatic N) is 1. The molecule has 0 aromatic carbocycles. The highest BCUT2D eigenvalue weighted by molar-refractivity contribution is 7.08. The van der Waals surface area contributed by atoms with Gasteiger partial charge in [0.25, 0.3) is 5.91 Å². The lowest BCUT2D eigenvalue weighted by Gasteiger charge is -2.17. The van der Waals surface area contributed by atoms with E-state index in [1.165, 1.54) is 0 Å². The molecule has 2 rings (SSSR count). The van der Waals surface area contributed by atoms with Crippen LogP contribution in [0, 0.1) is 6.92 Å². The van der Waals surface area contributed by atoms with Gasteiger partial charge in [0.1, 0.15) is 0 Å². The molecule has 1 atom stereocenters. The van der Waals surface area contributed by atoms with Gasteiger partial charge in [-0.1, -0.05) is 19.8 Å². The van der Waals surface area contributed by atoms with Crippen LogP contribution >= 0.6 is 11.3 Å². The number of thiophene rings is 1. The lowest BCUT2D eigenvalue weighted by Crippen LogP contribution is -2.40. The highest BCUT2D eigenvalue weighted by Crippen LogP contribution is 2.21. The zero-order valence-electron chi connectivity index (χ0n) is 13.1. The Hall–Kier alpha value is -1.72. The van der Waals surface area contributed by atoms with Gasteiger partial charge in [-0.15, -0.1) is 0 Å². The maximum atomic E-state index is 12.4. The van der Waals surface area contributed by atoms with Gasteiger partial charge in [-0.05, 0) is 36.9 Å². The van der Waals surface area contributed by atoms with Gasteiger partial charge >= 0.3 is 0 Å². The zero-order chi connectivity index (χ0) is 15.9. The Morgan fingerprint density at radius 2 is 2.23 bits per heavy atom. The quantitative estimate of drug-likeness (QED) is 0.822. The molecule has 0 saturated heterocycles. The van der Waals surface area contributed by atoms with E-state index in [9.17, 15) is 4.79 Å². The summed E-state index contributed by atoms with van der Waals surface area (Å²) in [4.78, 5) is 16.9. The summed E-state index contributed by atoms with van der Waals surface area (Å²) in [6.45, 7) is 4.46. The molecule has 5 heteroatoms. The second-order valence-corrected chi connectivity index (χ2v) is 6.17. The number of unbranched alkanes of at least 4 members (excludes halogenated alkanes) is 1. The van der Waals surface area contributed by atoms with E-state index < -0.39 is 0 Å². The Bertz CT molecular complexity index is 610. The van der Waals surface area contributed by atoms with Crippen molar-refractivity contribution in [2.75, 3.05) is 6.54 Å². The number of hydrogen-bond acceptors (Lipinski definition) is 4. The van der Waals surface area contributed by atoms with Crippen molar-refractivity contribution in [3.05, 3.63) is 40.2 Å². The Balaban J connectivity index is 2.10. The van der Waals surface area contributed by atoms with E-state index in [-0.39, 0.29) is 11.9 Å². The Morgan fingerprint density at radius 3 is 2.82 bits per heavy atom. The molecule has 0 aliphatic rings. The van der Waals surface area contributed by atoms with Crippen LogP contribution in [0.2, 0.25) is 0 Å². The second kappa shape index (κ2) is 8.06. The molecule has 2 aromatic rings. The smallest absolute Gasteiger partial charge is 0.253 e. The van der Waals surface area contributed by atoms with Crippen molar-refractivity contribution in [2.24, 2.45) is 5.73 Å². The van der Waals surface area contributed by atoms with Crippen molar-refractivity contribution in [3.63, 3.8) is 0 Å². The lowest BCUT2D eigenvalue weighted by atomic mass is 10.1. The molecule has 0 aliphatic carbocycles. The molecule has 0 saturated carbocycles. The average molecular weight is 317 g/mol. The maximum absolute atomic E-state index is 12.4. The van der Waals surface area contributed by atoms with Crippen molar-refractivity contribution in [1.82, 2.24) is 10.3 Å². The van der Waals surface area contributed by atoms with E-state index in [0.717, 1.165) is 36.2 Å². The Morgan fingerprint density at radius 1 is 1.41 bits per heavy atom. The second-order valence-electron chi connectivity index (χ2n) is 5.39. The highest BCUT2D eigenvalue weighted by Gasteiger charge is 2.15. The topological polar surface area (TPSA) is 68.0 Å². The summed E-state index contributed by atoms with van der Waals surface area (Å²) in [6.07, 6.45) is 3.08. The molecular formula is C17H23N3OS. The molecule has 3 N–H and O–H groups in total. The molecule has 1 unspecified atom stereocenters. The molecule has 0 spiro atoms. The van der Waals surface area contributed by atoms with E-state index >= 15 is 0 Å². The molecular weight excluding hydrogens is 294 g/mol. The van der Waals surface area contributed by atoms with Crippen LogP contribution in [0.3, 0.4) is 0 Å². The van der Waals surface area contributed by atoms with E-state index in [1.54, 1.807) is 11.3 Å². The first kappa shape index (κ1) is 16.6. The number of nitrogens with one attached hydrogen (secondary N) is 1. The predicted molar refractivity (Wildman–Crippen MR) is 92.1 cm³/mol. The van der Waals surface area contributed by atoms with Gasteiger partial charge in [0.05, 0.1) is 17.0 Å². The van der Waals surface area contributed by atoms with Crippen LogP contribution in [-0.4, -0.2) is 23.5 Å². The first-order valence-corrected chi connectivity index (χ1v) is 8.61. The van der Waals surface area contributed by atoms with Gasteiger partial charge in [-0.3, -0.25) is 9.78 Å². The molecule has 1 amide bonds. The van der Waals surface area contributed by atoms with Gasteiger partial charge in [-0.25, -0.2) is 0 Å². The molecule has 2 aromatic heterocycles.